The molecule has 220 valence electrons. The maximum atomic E-state index is 13.6. The lowest BCUT2D eigenvalue weighted by Gasteiger charge is -2.52. The summed E-state index contributed by atoms with van der Waals surface area (Å²) in [5.74, 6) is 0.480. The van der Waals surface area contributed by atoms with Crippen LogP contribution in [-0.2, 0) is 24.8 Å². The number of aromatic nitrogens is 3. The summed E-state index contributed by atoms with van der Waals surface area (Å²) in [7, 11) is 2.83. The Labute approximate surface area is 232 Å². The van der Waals surface area contributed by atoms with Gasteiger partial charge in [0.05, 0.1) is 18.2 Å². The summed E-state index contributed by atoms with van der Waals surface area (Å²) >= 11 is 0. The van der Waals surface area contributed by atoms with E-state index in [0.29, 0.717) is 12.4 Å². The van der Waals surface area contributed by atoms with Crippen LogP contribution < -0.4 is 15.4 Å². The molecular weight excluding hydrogens is 552 g/mol. The quantitative estimate of drug-likeness (QED) is 0.309. The van der Waals surface area contributed by atoms with Crippen molar-refractivity contribution < 1.29 is 35.9 Å². The van der Waals surface area contributed by atoms with E-state index in [1.54, 1.807) is 17.7 Å². The molecule has 1 heterocycles. The van der Waals surface area contributed by atoms with Crippen molar-refractivity contribution in [1.29, 1.82) is 0 Å². The number of nitrogens with one attached hydrogen (secondary N) is 2. The largest absolute Gasteiger partial charge is 0.496 e. The number of carbonyl (C=O) groups is 1. The van der Waals surface area contributed by atoms with Crippen molar-refractivity contribution in [1.82, 2.24) is 20.1 Å². The zero-order valence-electron chi connectivity index (χ0n) is 22.4. The number of nitrogens with zero attached hydrogens (tertiary/aromatic N) is 3. The van der Waals surface area contributed by atoms with Crippen molar-refractivity contribution in [2.24, 2.45) is 12.5 Å². The fourth-order valence-corrected chi connectivity index (χ4v) is 6.27. The van der Waals surface area contributed by atoms with Gasteiger partial charge in [0.25, 0.3) is 0 Å². The topological polar surface area (TPSA) is 81.1 Å². The van der Waals surface area contributed by atoms with Crippen LogP contribution in [0.2, 0.25) is 0 Å². The van der Waals surface area contributed by atoms with Gasteiger partial charge in [0.2, 0.25) is 0 Å². The molecule has 3 aliphatic rings. The van der Waals surface area contributed by atoms with Crippen molar-refractivity contribution in [3.63, 3.8) is 0 Å². The van der Waals surface area contributed by atoms with E-state index >= 15 is 0 Å². The number of fused-ring (bicyclic) bond motifs is 3. The standard InChI is InChI=1S/C28H29F6N5O2/c1-39-22(18-5-3-4-6-19(18)27(29,30)31)37-38-23(39)26-12-9-25(10-13-26,11-14-26)16-35-24(40)36-17-7-8-21(41-2)20(15-17)28(32,33)34/h3-8,15H,9-14,16H2,1-2H3,(H2,35,36,40). The Morgan fingerprint density at radius 2 is 1.56 bits per heavy atom. The molecule has 2 bridgehead atoms. The minimum Gasteiger partial charge on any atom is -0.496 e. The molecule has 0 spiro atoms. The van der Waals surface area contributed by atoms with Gasteiger partial charge in [-0.25, -0.2) is 4.79 Å². The highest BCUT2D eigenvalue weighted by Gasteiger charge is 2.51. The van der Waals surface area contributed by atoms with Crippen molar-refractivity contribution >= 4 is 11.7 Å². The molecule has 0 aliphatic heterocycles. The lowest BCUT2D eigenvalue weighted by atomic mass is 9.53. The van der Waals surface area contributed by atoms with Crippen molar-refractivity contribution in [2.45, 2.75) is 56.3 Å². The van der Waals surface area contributed by atoms with Gasteiger partial charge >= 0.3 is 18.4 Å². The van der Waals surface area contributed by atoms with E-state index in [2.05, 4.69) is 20.8 Å². The Morgan fingerprint density at radius 1 is 0.927 bits per heavy atom. The third kappa shape index (κ3) is 5.45. The molecule has 0 radical (unpaired) electrons. The van der Waals surface area contributed by atoms with E-state index in [-0.39, 0.29) is 33.7 Å². The number of halogens is 6. The fourth-order valence-electron chi connectivity index (χ4n) is 6.27. The molecule has 2 N–H and O–H groups in total. The number of hydrogen-bond donors (Lipinski definition) is 2. The Kier molecular flexibility index (Phi) is 7.19. The third-order valence-electron chi connectivity index (χ3n) is 8.61. The molecule has 2 amide bonds. The Hall–Kier alpha value is -3.77. The molecule has 3 saturated carbocycles. The molecule has 41 heavy (non-hydrogen) atoms. The minimum absolute atomic E-state index is 0.00962. The first-order valence-corrected chi connectivity index (χ1v) is 13.1. The molecule has 3 aliphatic carbocycles. The van der Waals surface area contributed by atoms with Gasteiger partial charge < -0.3 is 19.9 Å². The smallest absolute Gasteiger partial charge is 0.420 e. The number of benzene rings is 2. The maximum Gasteiger partial charge on any atom is 0.420 e. The van der Waals surface area contributed by atoms with E-state index in [0.717, 1.165) is 63.8 Å². The number of urea groups is 1. The maximum absolute atomic E-state index is 13.6. The van der Waals surface area contributed by atoms with Crippen LogP contribution >= 0.6 is 0 Å². The summed E-state index contributed by atoms with van der Waals surface area (Å²) in [5, 5.41) is 13.8. The molecule has 0 unspecified atom stereocenters. The number of alkyl halides is 6. The average molecular weight is 582 g/mol. The Morgan fingerprint density at radius 3 is 2.17 bits per heavy atom. The third-order valence-corrected chi connectivity index (χ3v) is 8.61. The Balaban J connectivity index is 1.24. The van der Waals surface area contributed by atoms with Crippen LogP contribution in [0.3, 0.4) is 0 Å². The van der Waals surface area contributed by atoms with E-state index in [4.69, 9.17) is 4.74 Å². The molecule has 7 nitrogen and oxygen atoms in total. The zero-order chi connectivity index (χ0) is 29.6. The first-order valence-electron chi connectivity index (χ1n) is 13.1. The SMILES string of the molecule is COc1ccc(NC(=O)NCC23CCC(c4nnc(-c5ccccc5C(F)(F)F)n4C)(CC2)CC3)cc1C(F)(F)F. The van der Waals surface area contributed by atoms with Crippen molar-refractivity contribution in [2.75, 3.05) is 19.0 Å². The summed E-state index contributed by atoms with van der Waals surface area (Å²) < 4.78 is 87.2. The Bertz CT molecular complexity index is 1420. The van der Waals surface area contributed by atoms with E-state index < -0.39 is 29.5 Å². The van der Waals surface area contributed by atoms with Gasteiger partial charge in [0, 0.05) is 30.3 Å². The number of carbonyl (C=O) groups excluding carboxylic acids is 1. The number of hydrogen-bond acceptors (Lipinski definition) is 4. The monoisotopic (exact) mass is 581 g/mol. The molecule has 13 heteroatoms. The van der Waals surface area contributed by atoms with Crippen LogP contribution in [-0.4, -0.2) is 34.5 Å². The van der Waals surface area contributed by atoms with Crippen LogP contribution in [0.5, 0.6) is 5.75 Å². The van der Waals surface area contributed by atoms with Gasteiger partial charge in [-0.05, 0) is 68.2 Å². The van der Waals surface area contributed by atoms with Crippen LogP contribution in [0.4, 0.5) is 36.8 Å². The van der Waals surface area contributed by atoms with Gasteiger partial charge in [-0.3, -0.25) is 0 Å². The molecule has 0 atom stereocenters. The highest BCUT2D eigenvalue weighted by molar-refractivity contribution is 5.89. The second-order valence-electron chi connectivity index (χ2n) is 11.0. The number of amides is 2. The fraction of sp³-hybridized carbons (Fsp3) is 0.464. The van der Waals surface area contributed by atoms with Crippen molar-refractivity contribution in [3.05, 3.63) is 59.4 Å². The number of rotatable bonds is 6. The van der Waals surface area contributed by atoms with Gasteiger partial charge in [-0.2, -0.15) is 26.3 Å². The summed E-state index contributed by atoms with van der Waals surface area (Å²) in [6, 6.07) is 8.02. The molecule has 6 rings (SSSR count). The normalized spacial score (nSPS) is 22.4. The summed E-state index contributed by atoms with van der Waals surface area (Å²) in [6.45, 7) is 0.347. The van der Waals surface area contributed by atoms with Gasteiger partial charge in [0.15, 0.2) is 5.82 Å². The van der Waals surface area contributed by atoms with Crippen LogP contribution in [0, 0.1) is 5.41 Å². The van der Waals surface area contributed by atoms with Gasteiger partial charge in [-0.1, -0.05) is 18.2 Å². The van der Waals surface area contributed by atoms with Crippen molar-refractivity contribution in [3.8, 4) is 17.1 Å². The molecular formula is C28H29F6N5O2. The minimum atomic E-state index is -4.64. The first kappa shape index (κ1) is 28.7. The second kappa shape index (κ2) is 10.3. The number of ether oxygens (including phenoxy) is 1. The van der Waals surface area contributed by atoms with Crippen LogP contribution in [0.25, 0.3) is 11.4 Å². The summed E-state index contributed by atoms with van der Waals surface area (Å²) in [6.07, 6.45) is -4.69. The zero-order valence-corrected chi connectivity index (χ0v) is 22.4. The molecule has 2 aromatic carbocycles. The summed E-state index contributed by atoms with van der Waals surface area (Å²) in [4.78, 5) is 12.6. The molecule has 3 fully saturated rings. The lowest BCUT2D eigenvalue weighted by molar-refractivity contribution is -0.139. The van der Waals surface area contributed by atoms with Crippen LogP contribution in [0.15, 0.2) is 42.5 Å². The second-order valence-corrected chi connectivity index (χ2v) is 11.0. The number of methoxy groups -OCH3 is 1. The van der Waals surface area contributed by atoms with E-state index in [1.165, 1.54) is 18.2 Å². The highest BCUT2D eigenvalue weighted by atomic mass is 19.4. The van der Waals surface area contributed by atoms with E-state index in [9.17, 15) is 31.1 Å². The lowest BCUT2D eigenvalue weighted by Crippen LogP contribution is -2.50. The van der Waals surface area contributed by atoms with Gasteiger partial charge in [0.1, 0.15) is 11.6 Å². The first-order chi connectivity index (χ1) is 19.3. The molecule has 0 saturated heterocycles. The van der Waals surface area contributed by atoms with E-state index in [1.807, 2.05) is 0 Å². The summed E-state index contributed by atoms with van der Waals surface area (Å²) in [5.41, 5.74) is -2.28. The molecule has 3 aromatic rings. The van der Waals surface area contributed by atoms with Crippen LogP contribution in [0.1, 0.15) is 55.5 Å². The number of anilines is 1. The predicted molar refractivity (Wildman–Crippen MR) is 138 cm³/mol. The molecule has 1 aromatic heterocycles. The highest BCUT2D eigenvalue weighted by Crippen LogP contribution is 2.57. The average Bonchev–Trinajstić information content (AvgIpc) is 3.34. The predicted octanol–water partition coefficient (Wildman–Crippen LogP) is 6.94. The van der Waals surface area contributed by atoms with Gasteiger partial charge in [-0.15, -0.1) is 10.2 Å².